The molecule has 1 atom stereocenters. The molecule has 0 saturated heterocycles. The molecule has 0 aliphatic heterocycles. The zero-order valence-corrected chi connectivity index (χ0v) is 7.75. The SMILES string of the molecule is CCC(C(=O)O)C1CCCCC1.[LiH]. The van der Waals surface area contributed by atoms with E-state index >= 15 is 0 Å². The van der Waals surface area contributed by atoms with Gasteiger partial charge in [0.2, 0.25) is 0 Å². The second-order valence-electron chi connectivity index (χ2n) is 3.75. The van der Waals surface area contributed by atoms with Crippen molar-refractivity contribution in [2.75, 3.05) is 0 Å². The first-order valence-electron chi connectivity index (χ1n) is 4.98. The third kappa shape index (κ3) is 3.75. The van der Waals surface area contributed by atoms with Crippen molar-refractivity contribution >= 4 is 24.8 Å². The van der Waals surface area contributed by atoms with Gasteiger partial charge in [-0.15, -0.1) is 0 Å². The zero-order valence-electron chi connectivity index (χ0n) is 7.75. The summed E-state index contributed by atoms with van der Waals surface area (Å²) < 4.78 is 0. The van der Waals surface area contributed by atoms with Crippen molar-refractivity contribution in [1.82, 2.24) is 0 Å². The standard InChI is InChI=1S/C10H18O2.Li.H/c1-2-9(10(11)12)8-6-4-3-5-7-8;;/h8-9H,2-7H2,1H3,(H,11,12);;. The van der Waals surface area contributed by atoms with Crippen LogP contribution >= 0.6 is 0 Å². The van der Waals surface area contributed by atoms with Gasteiger partial charge in [-0.2, -0.15) is 0 Å². The normalized spacial score (nSPS) is 20.4. The van der Waals surface area contributed by atoms with Gasteiger partial charge < -0.3 is 5.11 Å². The first-order chi connectivity index (χ1) is 5.75. The Labute approximate surface area is 92.3 Å². The summed E-state index contributed by atoms with van der Waals surface area (Å²) in [5.41, 5.74) is 0. The van der Waals surface area contributed by atoms with E-state index in [9.17, 15) is 4.79 Å². The van der Waals surface area contributed by atoms with Crippen molar-refractivity contribution in [3.63, 3.8) is 0 Å². The molecular weight excluding hydrogens is 159 g/mol. The van der Waals surface area contributed by atoms with Gasteiger partial charge in [0.15, 0.2) is 0 Å². The Kier molecular flexibility index (Phi) is 6.54. The van der Waals surface area contributed by atoms with Crippen molar-refractivity contribution in [2.24, 2.45) is 11.8 Å². The summed E-state index contributed by atoms with van der Waals surface area (Å²) in [7, 11) is 0. The Morgan fingerprint density at radius 3 is 2.31 bits per heavy atom. The Balaban J connectivity index is 0.00000144. The van der Waals surface area contributed by atoms with Gasteiger partial charge in [-0.3, -0.25) is 4.79 Å². The summed E-state index contributed by atoms with van der Waals surface area (Å²) in [6.45, 7) is 1.98. The first kappa shape index (κ1) is 13.1. The molecule has 0 radical (unpaired) electrons. The summed E-state index contributed by atoms with van der Waals surface area (Å²) >= 11 is 0. The van der Waals surface area contributed by atoms with Gasteiger partial charge in [0, 0.05) is 0 Å². The first-order valence-corrected chi connectivity index (χ1v) is 4.98. The quantitative estimate of drug-likeness (QED) is 0.671. The van der Waals surface area contributed by atoms with E-state index in [1.807, 2.05) is 6.92 Å². The van der Waals surface area contributed by atoms with E-state index in [4.69, 9.17) is 5.11 Å². The molecule has 0 aromatic heterocycles. The molecule has 3 heteroatoms. The fourth-order valence-corrected chi connectivity index (χ4v) is 2.25. The number of carbonyl (C=O) groups is 1. The van der Waals surface area contributed by atoms with Crippen LogP contribution in [0.1, 0.15) is 45.4 Å². The third-order valence-electron chi connectivity index (χ3n) is 2.98. The molecule has 0 heterocycles. The van der Waals surface area contributed by atoms with Gasteiger partial charge in [-0.05, 0) is 25.2 Å². The van der Waals surface area contributed by atoms with Crippen LogP contribution in [0.15, 0.2) is 0 Å². The summed E-state index contributed by atoms with van der Waals surface area (Å²) in [5, 5.41) is 8.93. The molecule has 1 fully saturated rings. The zero-order chi connectivity index (χ0) is 8.97. The van der Waals surface area contributed by atoms with Gasteiger partial charge in [0.1, 0.15) is 0 Å². The molecule has 0 amide bonds. The fourth-order valence-electron chi connectivity index (χ4n) is 2.25. The van der Waals surface area contributed by atoms with Crippen LogP contribution in [-0.2, 0) is 4.79 Å². The topological polar surface area (TPSA) is 37.3 Å². The van der Waals surface area contributed by atoms with Gasteiger partial charge in [-0.1, -0.05) is 26.2 Å². The molecule has 0 aromatic rings. The maximum atomic E-state index is 10.8. The molecule has 1 aliphatic rings. The summed E-state index contributed by atoms with van der Waals surface area (Å²) in [6.07, 6.45) is 6.81. The Hall–Kier alpha value is 0.0674. The average molecular weight is 178 g/mol. The molecule has 1 unspecified atom stereocenters. The molecule has 1 N–H and O–H groups in total. The molecule has 72 valence electrons. The van der Waals surface area contributed by atoms with Crippen LogP contribution in [0.5, 0.6) is 0 Å². The van der Waals surface area contributed by atoms with Gasteiger partial charge in [0.05, 0.1) is 5.92 Å². The van der Waals surface area contributed by atoms with Crippen molar-refractivity contribution in [1.29, 1.82) is 0 Å². The number of carboxylic acids is 1. The van der Waals surface area contributed by atoms with E-state index in [0.29, 0.717) is 5.92 Å². The van der Waals surface area contributed by atoms with Gasteiger partial charge in [-0.25, -0.2) is 0 Å². The van der Waals surface area contributed by atoms with Crippen LogP contribution in [0.2, 0.25) is 0 Å². The molecule has 0 aromatic carbocycles. The van der Waals surface area contributed by atoms with Crippen LogP contribution in [0, 0.1) is 11.8 Å². The number of rotatable bonds is 3. The van der Waals surface area contributed by atoms with Crippen LogP contribution in [-0.4, -0.2) is 29.9 Å². The fraction of sp³-hybridized carbons (Fsp3) is 0.900. The Bertz CT molecular complexity index is 153. The van der Waals surface area contributed by atoms with Crippen LogP contribution in [0.3, 0.4) is 0 Å². The minimum atomic E-state index is -0.593. The Morgan fingerprint density at radius 1 is 1.38 bits per heavy atom. The van der Waals surface area contributed by atoms with E-state index in [0.717, 1.165) is 19.3 Å². The molecular formula is C10H19LiO2. The summed E-state index contributed by atoms with van der Waals surface area (Å²) in [6, 6.07) is 0. The van der Waals surface area contributed by atoms with Crippen molar-refractivity contribution < 1.29 is 9.90 Å². The van der Waals surface area contributed by atoms with Crippen molar-refractivity contribution in [3.05, 3.63) is 0 Å². The molecule has 1 aliphatic carbocycles. The van der Waals surface area contributed by atoms with Crippen molar-refractivity contribution in [3.8, 4) is 0 Å². The predicted octanol–water partition coefficient (Wildman–Crippen LogP) is 2.03. The predicted molar refractivity (Wildman–Crippen MR) is 55.1 cm³/mol. The molecule has 13 heavy (non-hydrogen) atoms. The number of hydrogen-bond acceptors (Lipinski definition) is 1. The Morgan fingerprint density at radius 2 is 1.92 bits per heavy atom. The second-order valence-corrected chi connectivity index (χ2v) is 3.75. The van der Waals surface area contributed by atoms with Crippen LogP contribution in [0.4, 0.5) is 0 Å². The van der Waals surface area contributed by atoms with E-state index < -0.39 is 5.97 Å². The number of carboxylic acid groups (broad SMARTS) is 1. The maximum absolute atomic E-state index is 10.8. The van der Waals surface area contributed by atoms with Gasteiger partial charge in [0.25, 0.3) is 0 Å². The molecule has 0 bridgehead atoms. The average Bonchev–Trinajstić information content (AvgIpc) is 2.07. The van der Waals surface area contributed by atoms with E-state index in [1.54, 1.807) is 0 Å². The molecule has 2 nitrogen and oxygen atoms in total. The van der Waals surface area contributed by atoms with Crippen molar-refractivity contribution in [2.45, 2.75) is 45.4 Å². The van der Waals surface area contributed by atoms with E-state index in [2.05, 4.69) is 0 Å². The monoisotopic (exact) mass is 178 g/mol. The summed E-state index contributed by atoms with van der Waals surface area (Å²) in [5.74, 6) is -0.212. The molecule has 1 saturated carbocycles. The van der Waals surface area contributed by atoms with Crippen LogP contribution in [0.25, 0.3) is 0 Å². The number of hydrogen-bond donors (Lipinski definition) is 1. The second kappa shape index (κ2) is 6.51. The van der Waals surface area contributed by atoms with Gasteiger partial charge >= 0.3 is 24.8 Å². The minimum absolute atomic E-state index is 0. The number of aliphatic carboxylic acids is 1. The van der Waals surface area contributed by atoms with E-state index in [-0.39, 0.29) is 24.8 Å². The van der Waals surface area contributed by atoms with E-state index in [1.165, 1.54) is 19.3 Å². The molecule has 0 spiro atoms. The third-order valence-corrected chi connectivity index (χ3v) is 2.98. The summed E-state index contributed by atoms with van der Waals surface area (Å²) in [4.78, 5) is 10.8. The van der Waals surface area contributed by atoms with Crippen LogP contribution < -0.4 is 0 Å². The molecule has 1 rings (SSSR count).